The fourth-order valence-electron chi connectivity index (χ4n) is 4.52. The predicted molar refractivity (Wildman–Crippen MR) is 125 cm³/mol. The highest BCUT2D eigenvalue weighted by molar-refractivity contribution is 5.93. The van der Waals surface area contributed by atoms with E-state index < -0.39 is 5.63 Å². The van der Waals surface area contributed by atoms with E-state index in [0.717, 1.165) is 24.0 Å². The predicted octanol–water partition coefficient (Wildman–Crippen LogP) is 3.80. The Morgan fingerprint density at radius 3 is 2.74 bits per heavy atom. The molecule has 8 heteroatoms. The number of carbonyl (C=O) groups excluding carboxylic acids is 1. The molecule has 0 atom stereocenters. The van der Waals surface area contributed by atoms with Gasteiger partial charge in [0, 0.05) is 18.2 Å². The van der Waals surface area contributed by atoms with Crippen LogP contribution in [-0.2, 0) is 24.2 Å². The molecule has 3 aromatic rings. The first-order valence-corrected chi connectivity index (χ1v) is 11.3. The average Bonchev–Trinajstić information content (AvgIpc) is 3.26. The highest BCUT2D eigenvalue weighted by atomic mass is 16.7. The van der Waals surface area contributed by atoms with Crippen molar-refractivity contribution in [2.45, 2.75) is 52.2 Å². The van der Waals surface area contributed by atoms with Crippen molar-refractivity contribution in [1.29, 1.82) is 0 Å². The Morgan fingerprint density at radius 2 is 1.94 bits per heavy atom. The molecule has 2 aliphatic heterocycles. The van der Waals surface area contributed by atoms with E-state index >= 15 is 0 Å². The van der Waals surface area contributed by atoms with Gasteiger partial charge < -0.3 is 28.7 Å². The minimum Gasteiger partial charge on any atom is -0.496 e. The molecular formula is C26H27NO7. The van der Waals surface area contributed by atoms with Crippen LogP contribution < -0.4 is 29.9 Å². The van der Waals surface area contributed by atoms with Gasteiger partial charge in [0.2, 0.25) is 12.7 Å². The first-order chi connectivity index (χ1) is 16.3. The monoisotopic (exact) mass is 465 g/mol. The normalized spacial score (nSPS) is 15.5. The second-order valence-corrected chi connectivity index (χ2v) is 9.26. The number of rotatable bonds is 5. The summed E-state index contributed by atoms with van der Waals surface area (Å²) in [6.07, 6.45) is 1.42. The lowest BCUT2D eigenvalue weighted by Crippen LogP contribution is -2.32. The van der Waals surface area contributed by atoms with Crippen molar-refractivity contribution in [2.75, 3.05) is 13.9 Å². The van der Waals surface area contributed by atoms with Gasteiger partial charge in [-0.1, -0.05) is 6.07 Å². The van der Waals surface area contributed by atoms with Gasteiger partial charge in [-0.3, -0.25) is 4.79 Å². The Bertz CT molecular complexity index is 1360. The number of benzene rings is 2. The lowest BCUT2D eigenvalue weighted by atomic mass is 9.91. The van der Waals surface area contributed by atoms with Crippen molar-refractivity contribution in [1.82, 2.24) is 5.32 Å². The summed E-state index contributed by atoms with van der Waals surface area (Å²) in [6.45, 7) is 6.37. The molecule has 178 valence electrons. The third-order valence-corrected chi connectivity index (χ3v) is 6.42. The highest BCUT2D eigenvalue weighted by Gasteiger charge is 2.31. The van der Waals surface area contributed by atoms with Crippen LogP contribution in [0.2, 0.25) is 0 Å². The van der Waals surface area contributed by atoms with Crippen molar-refractivity contribution < 1.29 is 28.2 Å². The van der Waals surface area contributed by atoms with Crippen molar-refractivity contribution in [3.05, 3.63) is 56.9 Å². The molecule has 1 amide bonds. The first-order valence-electron chi connectivity index (χ1n) is 11.3. The van der Waals surface area contributed by atoms with Crippen LogP contribution in [0.3, 0.4) is 0 Å². The molecule has 1 N–H and O–H groups in total. The van der Waals surface area contributed by atoms with Crippen LogP contribution >= 0.6 is 0 Å². The van der Waals surface area contributed by atoms with Gasteiger partial charge in [0.05, 0.1) is 24.5 Å². The minimum atomic E-state index is -0.525. The Labute approximate surface area is 196 Å². The molecule has 0 fully saturated rings. The van der Waals surface area contributed by atoms with E-state index in [2.05, 4.69) is 5.32 Å². The molecule has 0 aliphatic carbocycles. The van der Waals surface area contributed by atoms with Crippen LogP contribution in [0.1, 0.15) is 42.5 Å². The summed E-state index contributed by atoms with van der Waals surface area (Å²) < 4.78 is 28.2. The summed E-state index contributed by atoms with van der Waals surface area (Å²) >= 11 is 0. The molecule has 0 radical (unpaired) electrons. The van der Waals surface area contributed by atoms with E-state index in [-0.39, 0.29) is 24.7 Å². The Balaban J connectivity index is 1.42. The van der Waals surface area contributed by atoms with Crippen LogP contribution in [-0.4, -0.2) is 25.4 Å². The van der Waals surface area contributed by atoms with Crippen LogP contribution in [0.25, 0.3) is 11.0 Å². The zero-order valence-electron chi connectivity index (χ0n) is 19.7. The number of methoxy groups -OCH3 is 1. The highest BCUT2D eigenvalue weighted by Crippen LogP contribution is 2.43. The lowest BCUT2D eigenvalue weighted by molar-refractivity contribution is -0.120. The van der Waals surface area contributed by atoms with Gasteiger partial charge in [-0.2, -0.15) is 0 Å². The summed E-state index contributed by atoms with van der Waals surface area (Å²) in [5.41, 5.74) is 2.35. The largest absolute Gasteiger partial charge is 0.496 e. The standard InChI is InChI=1S/C26H27NO7/c1-14-17(10-22(28)27-12-15-5-6-18-20(9-15)32-13-31-18)25(29)33-24-16-7-8-26(2,3)34-19(16)11-21(30-4)23(14)24/h5-6,9,11H,7-8,10,12-13H2,1-4H3,(H,27,28). The van der Waals surface area contributed by atoms with E-state index in [1.54, 1.807) is 7.11 Å². The summed E-state index contributed by atoms with van der Waals surface area (Å²) in [5.74, 6) is 2.27. The van der Waals surface area contributed by atoms with Gasteiger partial charge in [0.15, 0.2) is 11.5 Å². The second-order valence-electron chi connectivity index (χ2n) is 9.26. The van der Waals surface area contributed by atoms with Gasteiger partial charge in [-0.25, -0.2) is 4.79 Å². The number of nitrogens with one attached hydrogen (secondary N) is 1. The van der Waals surface area contributed by atoms with Gasteiger partial charge in [-0.15, -0.1) is 0 Å². The molecule has 0 spiro atoms. The molecule has 2 aliphatic rings. The maximum Gasteiger partial charge on any atom is 0.340 e. The van der Waals surface area contributed by atoms with E-state index in [4.69, 9.17) is 23.4 Å². The number of amides is 1. The van der Waals surface area contributed by atoms with Crippen molar-refractivity contribution in [3.8, 4) is 23.0 Å². The fourth-order valence-corrected chi connectivity index (χ4v) is 4.52. The number of aryl methyl sites for hydroxylation is 2. The summed E-state index contributed by atoms with van der Waals surface area (Å²) in [4.78, 5) is 25.7. The molecule has 8 nitrogen and oxygen atoms in total. The summed E-state index contributed by atoms with van der Waals surface area (Å²) in [7, 11) is 1.57. The van der Waals surface area contributed by atoms with Crippen molar-refractivity contribution in [3.63, 3.8) is 0 Å². The minimum absolute atomic E-state index is 0.0988. The molecule has 5 rings (SSSR count). The summed E-state index contributed by atoms with van der Waals surface area (Å²) in [6, 6.07) is 7.34. The molecule has 3 heterocycles. The maximum atomic E-state index is 12.9. The molecule has 2 aromatic carbocycles. The Kier molecular flexibility index (Phi) is 5.38. The van der Waals surface area contributed by atoms with Gasteiger partial charge in [0.25, 0.3) is 0 Å². The Hall–Kier alpha value is -3.68. The molecule has 34 heavy (non-hydrogen) atoms. The van der Waals surface area contributed by atoms with Crippen LogP contribution in [0.5, 0.6) is 23.0 Å². The quantitative estimate of drug-likeness (QED) is 0.573. The number of hydrogen-bond acceptors (Lipinski definition) is 7. The van der Waals surface area contributed by atoms with E-state index in [1.807, 2.05) is 45.0 Å². The van der Waals surface area contributed by atoms with Crippen molar-refractivity contribution >= 4 is 16.9 Å². The number of hydrogen-bond donors (Lipinski definition) is 1. The smallest absolute Gasteiger partial charge is 0.340 e. The zero-order chi connectivity index (χ0) is 24.0. The third kappa shape index (κ3) is 3.93. The van der Waals surface area contributed by atoms with Crippen molar-refractivity contribution in [2.24, 2.45) is 0 Å². The van der Waals surface area contributed by atoms with E-state index in [9.17, 15) is 9.59 Å². The molecule has 1 aromatic heterocycles. The Morgan fingerprint density at radius 1 is 1.15 bits per heavy atom. The van der Waals surface area contributed by atoms with Crippen LogP contribution in [0.4, 0.5) is 0 Å². The topological polar surface area (TPSA) is 96.2 Å². The lowest BCUT2D eigenvalue weighted by Gasteiger charge is -2.33. The average molecular weight is 466 g/mol. The van der Waals surface area contributed by atoms with Gasteiger partial charge >= 0.3 is 5.63 Å². The molecule has 0 saturated heterocycles. The zero-order valence-corrected chi connectivity index (χ0v) is 19.7. The molecule has 0 bridgehead atoms. The number of fused-ring (bicyclic) bond motifs is 4. The van der Waals surface area contributed by atoms with Gasteiger partial charge in [-0.05, 0) is 56.9 Å². The number of ether oxygens (including phenoxy) is 4. The third-order valence-electron chi connectivity index (χ3n) is 6.42. The second kappa shape index (κ2) is 8.27. The van der Waals surface area contributed by atoms with Gasteiger partial charge in [0.1, 0.15) is 22.7 Å². The molecule has 0 unspecified atom stereocenters. The van der Waals surface area contributed by atoms with E-state index in [0.29, 0.717) is 51.6 Å². The van der Waals surface area contributed by atoms with Crippen LogP contribution in [0.15, 0.2) is 33.5 Å². The fraction of sp³-hybridized carbons (Fsp3) is 0.385. The molecular weight excluding hydrogens is 438 g/mol. The van der Waals surface area contributed by atoms with Crippen LogP contribution in [0, 0.1) is 6.92 Å². The molecule has 0 saturated carbocycles. The summed E-state index contributed by atoms with van der Waals surface area (Å²) in [5, 5.41) is 3.56. The first kappa shape index (κ1) is 22.1. The SMILES string of the molecule is COc1cc2c(c3oc(=O)c(CC(=O)NCc4ccc5c(c4)OCO5)c(C)c13)CCC(C)(C)O2. The maximum absolute atomic E-state index is 12.9. The number of carbonyl (C=O) groups is 1. The van der Waals surface area contributed by atoms with E-state index in [1.165, 1.54) is 0 Å².